The molecule has 1 aliphatic heterocycles. The number of pyridine rings is 1. The van der Waals surface area contributed by atoms with E-state index in [-0.39, 0.29) is 42.3 Å². The standard InChI is InChI=1S/C28H32N4O4S/c1-20(2)28(34)32-21(3)18-31(37(35,36)25-7-5-4-6-8-25)19-26(32)27(33)30-17-22-9-11-23(12-10-22)24-13-15-29-16-14-24/h4-16,20-21,26H,17-19H2,1-3H3,(H,30,33). The molecular formula is C28H32N4O4S. The van der Waals surface area contributed by atoms with Gasteiger partial charge in [0.1, 0.15) is 6.04 Å². The zero-order valence-corrected chi connectivity index (χ0v) is 22.1. The second-order valence-corrected chi connectivity index (χ2v) is 11.5. The molecule has 1 aromatic heterocycles. The Bertz CT molecular complexity index is 1330. The van der Waals surface area contributed by atoms with E-state index in [0.717, 1.165) is 16.7 Å². The van der Waals surface area contributed by atoms with Crippen molar-refractivity contribution >= 4 is 21.8 Å². The van der Waals surface area contributed by atoms with E-state index in [4.69, 9.17) is 0 Å². The van der Waals surface area contributed by atoms with Crippen molar-refractivity contribution in [3.63, 3.8) is 0 Å². The van der Waals surface area contributed by atoms with E-state index in [1.54, 1.807) is 56.3 Å². The monoisotopic (exact) mass is 520 g/mol. The molecule has 1 fully saturated rings. The molecule has 2 heterocycles. The normalized spacial score (nSPS) is 18.5. The molecule has 4 rings (SSSR count). The van der Waals surface area contributed by atoms with Crippen molar-refractivity contribution in [1.29, 1.82) is 0 Å². The van der Waals surface area contributed by atoms with E-state index in [1.807, 2.05) is 36.4 Å². The first-order valence-electron chi connectivity index (χ1n) is 12.3. The maximum Gasteiger partial charge on any atom is 0.244 e. The molecule has 3 aromatic rings. The van der Waals surface area contributed by atoms with Crippen molar-refractivity contribution in [3.8, 4) is 11.1 Å². The van der Waals surface area contributed by atoms with Crippen molar-refractivity contribution in [2.24, 2.45) is 5.92 Å². The van der Waals surface area contributed by atoms with Crippen LogP contribution in [0.2, 0.25) is 0 Å². The molecule has 1 saturated heterocycles. The number of amides is 2. The van der Waals surface area contributed by atoms with Crippen LogP contribution in [0.4, 0.5) is 0 Å². The summed E-state index contributed by atoms with van der Waals surface area (Å²) in [5, 5.41) is 2.92. The third-order valence-electron chi connectivity index (χ3n) is 6.52. The van der Waals surface area contributed by atoms with E-state index in [9.17, 15) is 18.0 Å². The van der Waals surface area contributed by atoms with Crippen LogP contribution < -0.4 is 5.32 Å². The fraction of sp³-hybridized carbons (Fsp3) is 0.321. The smallest absolute Gasteiger partial charge is 0.244 e. The van der Waals surface area contributed by atoms with Crippen molar-refractivity contribution < 1.29 is 18.0 Å². The van der Waals surface area contributed by atoms with E-state index in [0.29, 0.717) is 0 Å². The number of carbonyl (C=O) groups is 2. The summed E-state index contributed by atoms with van der Waals surface area (Å²) in [7, 11) is -3.82. The Labute approximate surface area is 218 Å². The Hall–Kier alpha value is -3.56. The number of aromatic nitrogens is 1. The molecule has 0 spiro atoms. The molecule has 0 radical (unpaired) electrons. The van der Waals surface area contributed by atoms with Crippen LogP contribution >= 0.6 is 0 Å². The third-order valence-corrected chi connectivity index (χ3v) is 8.37. The van der Waals surface area contributed by atoms with Crippen molar-refractivity contribution in [2.75, 3.05) is 13.1 Å². The number of carbonyl (C=O) groups excluding carboxylic acids is 2. The maximum absolute atomic E-state index is 13.4. The van der Waals surface area contributed by atoms with Crippen LogP contribution in [0.15, 0.2) is 84.0 Å². The summed E-state index contributed by atoms with van der Waals surface area (Å²) in [4.78, 5) is 32.2. The average Bonchev–Trinajstić information content (AvgIpc) is 2.92. The van der Waals surface area contributed by atoms with Crippen LogP contribution in [0.1, 0.15) is 26.3 Å². The molecule has 9 heteroatoms. The molecule has 1 aliphatic rings. The van der Waals surface area contributed by atoms with Gasteiger partial charge < -0.3 is 10.2 Å². The number of rotatable bonds is 7. The first-order valence-corrected chi connectivity index (χ1v) is 13.8. The minimum Gasteiger partial charge on any atom is -0.350 e. The van der Waals surface area contributed by atoms with Crippen LogP contribution in [0.25, 0.3) is 11.1 Å². The van der Waals surface area contributed by atoms with Gasteiger partial charge in [-0.2, -0.15) is 4.31 Å². The van der Waals surface area contributed by atoms with Gasteiger partial charge in [0, 0.05) is 44.0 Å². The van der Waals surface area contributed by atoms with Crippen LogP contribution in [0, 0.1) is 5.92 Å². The summed E-state index contributed by atoms with van der Waals surface area (Å²) < 4.78 is 28.0. The van der Waals surface area contributed by atoms with Crippen LogP contribution in [0.5, 0.6) is 0 Å². The highest BCUT2D eigenvalue weighted by Gasteiger charge is 2.43. The number of benzene rings is 2. The minimum absolute atomic E-state index is 0.104. The highest BCUT2D eigenvalue weighted by atomic mass is 32.2. The average molecular weight is 521 g/mol. The summed E-state index contributed by atoms with van der Waals surface area (Å²) in [5.74, 6) is -0.881. The zero-order valence-electron chi connectivity index (χ0n) is 21.2. The van der Waals surface area contributed by atoms with Gasteiger partial charge in [0.05, 0.1) is 4.90 Å². The second kappa shape index (κ2) is 11.2. The van der Waals surface area contributed by atoms with Gasteiger partial charge in [-0.3, -0.25) is 14.6 Å². The minimum atomic E-state index is -3.82. The summed E-state index contributed by atoms with van der Waals surface area (Å²) in [6, 6.07) is 18.4. The van der Waals surface area contributed by atoms with Gasteiger partial charge in [0.2, 0.25) is 21.8 Å². The lowest BCUT2D eigenvalue weighted by atomic mass is 10.0. The Balaban J connectivity index is 1.52. The molecule has 0 bridgehead atoms. The predicted octanol–water partition coefficient (Wildman–Crippen LogP) is 3.31. The molecule has 2 aromatic carbocycles. The number of sulfonamides is 1. The van der Waals surface area contributed by atoms with Crippen molar-refractivity contribution in [2.45, 2.75) is 44.3 Å². The van der Waals surface area contributed by atoms with E-state index >= 15 is 0 Å². The molecule has 1 N–H and O–H groups in total. The van der Waals surface area contributed by atoms with Crippen molar-refractivity contribution in [1.82, 2.24) is 19.5 Å². The Morgan fingerprint density at radius 1 is 0.946 bits per heavy atom. The van der Waals surface area contributed by atoms with Gasteiger partial charge in [0.15, 0.2) is 0 Å². The van der Waals surface area contributed by atoms with Crippen LogP contribution in [-0.4, -0.2) is 59.6 Å². The fourth-order valence-electron chi connectivity index (χ4n) is 4.53. The van der Waals surface area contributed by atoms with Gasteiger partial charge in [0.25, 0.3) is 0 Å². The van der Waals surface area contributed by atoms with E-state index in [1.165, 1.54) is 16.4 Å². The lowest BCUT2D eigenvalue weighted by Gasteiger charge is -2.44. The highest BCUT2D eigenvalue weighted by Crippen LogP contribution is 2.25. The van der Waals surface area contributed by atoms with Gasteiger partial charge in [-0.1, -0.05) is 56.3 Å². The highest BCUT2D eigenvalue weighted by molar-refractivity contribution is 7.89. The first kappa shape index (κ1) is 26.5. The molecule has 2 amide bonds. The lowest BCUT2D eigenvalue weighted by molar-refractivity contribution is -0.148. The number of nitrogens with one attached hydrogen (secondary N) is 1. The summed E-state index contributed by atoms with van der Waals surface area (Å²) in [5.41, 5.74) is 2.98. The first-order chi connectivity index (χ1) is 17.7. The Morgan fingerprint density at radius 3 is 2.19 bits per heavy atom. The molecule has 194 valence electrons. The molecular weight excluding hydrogens is 488 g/mol. The Morgan fingerprint density at radius 2 is 1.57 bits per heavy atom. The SMILES string of the molecule is CC(C)C(=O)N1C(C)CN(S(=O)(=O)c2ccccc2)CC1C(=O)NCc1ccc(-c2ccncc2)cc1. The molecule has 0 saturated carbocycles. The molecule has 2 unspecified atom stereocenters. The topological polar surface area (TPSA) is 99.7 Å². The lowest BCUT2D eigenvalue weighted by Crippen LogP contribution is -2.65. The van der Waals surface area contributed by atoms with E-state index < -0.39 is 22.1 Å². The number of hydrogen-bond donors (Lipinski definition) is 1. The number of nitrogens with zero attached hydrogens (tertiary/aromatic N) is 3. The van der Waals surface area contributed by atoms with Gasteiger partial charge >= 0.3 is 0 Å². The van der Waals surface area contributed by atoms with Gasteiger partial charge in [-0.15, -0.1) is 0 Å². The van der Waals surface area contributed by atoms with E-state index in [2.05, 4.69) is 10.3 Å². The quantitative estimate of drug-likeness (QED) is 0.515. The molecule has 8 nitrogen and oxygen atoms in total. The number of hydrogen-bond acceptors (Lipinski definition) is 5. The third kappa shape index (κ3) is 5.89. The van der Waals surface area contributed by atoms with Crippen LogP contribution in [-0.2, 0) is 26.2 Å². The predicted molar refractivity (Wildman–Crippen MR) is 142 cm³/mol. The van der Waals surface area contributed by atoms with Gasteiger partial charge in [-0.25, -0.2) is 8.42 Å². The summed E-state index contributed by atoms with van der Waals surface area (Å²) in [6.07, 6.45) is 3.47. The molecule has 0 aliphatic carbocycles. The van der Waals surface area contributed by atoms with Gasteiger partial charge in [-0.05, 0) is 47.9 Å². The summed E-state index contributed by atoms with van der Waals surface area (Å²) >= 11 is 0. The largest absolute Gasteiger partial charge is 0.350 e. The zero-order chi connectivity index (χ0) is 26.6. The number of piperazine rings is 1. The van der Waals surface area contributed by atoms with Crippen molar-refractivity contribution in [3.05, 3.63) is 84.7 Å². The fourth-order valence-corrected chi connectivity index (χ4v) is 6.08. The second-order valence-electron chi connectivity index (χ2n) is 9.55. The Kier molecular flexibility index (Phi) is 8.04. The molecule has 2 atom stereocenters. The molecule has 37 heavy (non-hydrogen) atoms. The maximum atomic E-state index is 13.4. The van der Waals surface area contributed by atoms with Crippen LogP contribution in [0.3, 0.4) is 0 Å². The summed E-state index contributed by atoms with van der Waals surface area (Å²) in [6.45, 7) is 5.62.